The van der Waals surface area contributed by atoms with Crippen molar-refractivity contribution in [1.29, 1.82) is 0 Å². The first-order valence-corrected chi connectivity index (χ1v) is 7.22. The number of nitrogens with zero attached hydrogens (tertiary/aromatic N) is 3. The van der Waals surface area contributed by atoms with Gasteiger partial charge in [0.05, 0.1) is 6.54 Å². The van der Waals surface area contributed by atoms with E-state index >= 15 is 0 Å². The maximum atomic E-state index is 11.2. The Balaban J connectivity index is 2.22. The third-order valence-corrected chi connectivity index (χ3v) is 4.66. The molecule has 0 saturated carbocycles. The summed E-state index contributed by atoms with van der Waals surface area (Å²) in [5.74, 6) is 0.556. The van der Waals surface area contributed by atoms with Crippen LogP contribution in [0, 0.1) is 0 Å². The molecule has 0 bridgehead atoms. The van der Waals surface area contributed by atoms with Crippen molar-refractivity contribution in [3.05, 3.63) is 30.2 Å². The van der Waals surface area contributed by atoms with Gasteiger partial charge in [0.1, 0.15) is 4.66 Å². The Morgan fingerprint density at radius 3 is 2.94 bits per heavy atom. The normalized spacial score (nSPS) is 12.1. The molecule has 0 saturated heterocycles. The van der Waals surface area contributed by atoms with E-state index < -0.39 is 10.0 Å². The molecule has 0 atom stereocenters. The molecule has 1 N–H and O–H groups in total. The summed E-state index contributed by atoms with van der Waals surface area (Å²) in [6, 6.07) is 5.48. The number of aromatic nitrogens is 3. The monoisotopic (exact) mass is 304 g/mol. The highest BCUT2D eigenvalue weighted by Gasteiger charge is 2.10. The number of fused-ring (bicyclic) bond motifs is 1. The number of rotatable bonds is 4. The zero-order valence-electron chi connectivity index (χ0n) is 8.17. The molecule has 0 aromatic carbocycles. The Hall–Kier alpha value is -0.990. The van der Waals surface area contributed by atoms with Gasteiger partial charge >= 0.3 is 0 Å². The fraction of sp³-hybridized carbons (Fsp3) is 0.250. The van der Waals surface area contributed by atoms with Crippen LogP contribution in [-0.2, 0) is 16.6 Å². The molecule has 0 aliphatic heterocycles. The van der Waals surface area contributed by atoms with Gasteiger partial charge in [-0.3, -0.25) is 4.40 Å². The molecular weight excluding hydrogens is 296 g/mol. The van der Waals surface area contributed by atoms with E-state index in [1.807, 2.05) is 12.1 Å². The van der Waals surface area contributed by atoms with Gasteiger partial charge in [-0.2, -0.15) is 0 Å². The number of halogens is 1. The van der Waals surface area contributed by atoms with Crippen LogP contribution in [0.4, 0.5) is 0 Å². The predicted molar refractivity (Wildman–Crippen MR) is 62.5 cm³/mol. The third-order valence-electron chi connectivity index (χ3n) is 1.98. The topological polar surface area (TPSA) is 76.4 Å². The molecule has 0 fully saturated rings. The molecule has 2 aromatic heterocycles. The highest BCUT2D eigenvalue weighted by molar-refractivity contribution is 9.10. The lowest BCUT2D eigenvalue weighted by atomic mass is 10.5. The first-order chi connectivity index (χ1) is 7.62. The van der Waals surface area contributed by atoms with Gasteiger partial charge in [-0.1, -0.05) is 22.0 Å². The number of sulfonamides is 1. The zero-order valence-corrected chi connectivity index (χ0v) is 10.6. The number of hydrogen-bond donors (Lipinski definition) is 1. The zero-order chi connectivity index (χ0) is 11.6. The Bertz CT molecular complexity index is 595. The molecule has 2 aromatic rings. The second-order valence-electron chi connectivity index (χ2n) is 3.09. The Morgan fingerprint density at radius 1 is 1.38 bits per heavy atom. The number of hydrogen-bond acceptors (Lipinski definition) is 4. The molecule has 8 heteroatoms. The lowest BCUT2D eigenvalue weighted by Crippen LogP contribution is -2.24. The van der Waals surface area contributed by atoms with Crippen LogP contribution in [0.5, 0.6) is 0 Å². The van der Waals surface area contributed by atoms with Gasteiger partial charge in [-0.15, -0.1) is 10.2 Å². The van der Waals surface area contributed by atoms with Crippen LogP contribution in [0.1, 0.15) is 5.82 Å². The molecule has 0 amide bonds. The molecule has 16 heavy (non-hydrogen) atoms. The van der Waals surface area contributed by atoms with Crippen LogP contribution in [0.3, 0.4) is 0 Å². The summed E-state index contributed by atoms with van der Waals surface area (Å²) >= 11 is 2.89. The Morgan fingerprint density at radius 2 is 2.19 bits per heavy atom. The molecule has 0 aliphatic carbocycles. The van der Waals surface area contributed by atoms with E-state index in [1.165, 1.54) is 0 Å². The average Bonchev–Trinajstić information content (AvgIpc) is 2.70. The minimum atomic E-state index is -3.28. The van der Waals surface area contributed by atoms with Gasteiger partial charge in [0.15, 0.2) is 11.5 Å². The maximum Gasteiger partial charge on any atom is 0.222 e. The molecule has 0 radical (unpaired) electrons. The maximum absolute atomic E-state index is 11.2. The van der Waals surface area contributed by atoms with E-state index in [9.17, 15) is 8.42 Å². The van der Waals surface area contributed by atoms with Crippen molar-refractivity contribution >= 4 is 31.6 Å². The van der Waals surface area contributed by atoms with Gasteiger partial charge in [0.2, 0.25) is 10.0 Å². The van der Waals surface area contributed by atoms with Crippen LogP contribution < -0.4 is 4.72 Å². The summed E-state index contributed by atoms with van der Waals surface area (Å²) in [4.78, 5) is 0. The van der Waals surface area contributed by atoms with Crippen molar-refractivity contribution < 1.29 is 8.42 Å². The molecule has 2 rings (SSSR count). The van der Waals surface area contributed by atoms with Crippen LogP contribution in [0.15, 0.2) is 24.4 Å². The van der Waals surface area contributed by atoms with E-state index in [0.717, 1.165) is 0 Å². The van der Waals surface area contributed by atoms with Crippen molar-refractivity contribution in [2.45, 2.75) is 6.54 Å². The summed E-state index contributed by atoms with van der Waals surface area (Å²) in [6.45, 7) is 0.124. The van der Waals surface area contributed by atoms with Crippen LogP contribution in [0.2, 0.25) is 0 Å². The van der Waals surface area contributed by atoms with Gasteiger partial charge in [-0.25, -0.2) is 13.1 Å². The van der Waals surface area contributed by atoms with E-state index in [1.54, 1.807) is 16.7 Å². The van der Waals surface area contributed by atoms with Gasteiger partial charge in [0.25, 0.3) is 0 Å². The predicted octanol–water partition coefficient (Wildman–Crippen LogP) is 0.501. The molecule has 86 valence electrons. The Labute approximate surface area is 101 Å². The van der Waals surface area contributed by atoms with Crippen LogP contribution >= 0.6 is 15.9 Å². The minimum absolute atomic E-state index is 0.124. The fourth-order valence-corrected chi connectivity index (χ4v) is 2.14. The van der Waals surface area contributed by atoms with Crippen molar-refractivity contribution in [2.75, 3.05) is 4.66 Å². The lowest BCUT2D eigenvalue weighted by Gasteiger charge is -2.01. The largest absolute Gasteiger partial charge is 0.285 e. The summed E-state index contributed by atoms with van der Waals surface area (Å²) < 4.78 is 26.4. The smallest absolute Gasteiger partial charge is 0.222 e. The van der Waals surface area contributed by atoms with E-state index in [2.05, 4.69) is 30.8 Å². The summed E-state index contributed by atoms with van der Waals surface area (Å²) in [6.07, 6.45) is 1.78. The fourth-order valence-electron chi connectivity index (χ4n) is 1.22. The van der Waals surface area contributed by atoms with Crippen molar-refractivity contribution in [3.63, 3.8) is 0 Å². The van der Waals surface area contributed by atoms with Crippen molar-refractivity contribution in [1.82, 2.24) is 19.3 Å². The SMILES string of the molecule is O=S(=O)(CBr)NCc1nnc2ccccn12. The minimum Gasteiger partial charge on any atom is -0.285 e. The molecule has 0 aliphatic rings. The van der Waals surface area contributed by atoms with Crippen molar-refractivity contribution in [3.8, 4) is 0 Å². The number of pyridine rings is 1. The molecular formula is C8H9BrN4O2S. The Kier molecular flexibility index (Phi) is 3.22. The quantitative estimate of drug-likeness (QED) is 0.835. The second-order valence-corrected chi connectivity index (χ2v) is 6.20. The van der Waals surface area contributed by atoms with Crippen molar-refractivity contribution in [2.24, 2.45) is 0 Å². The molecule has 0 spiro atoms. The van der Waals surface area contributed by atoms with E-state index in [0.29, 0.717) is 11.5 Å². The van der Waals surface area contributed by atoms with E-state index in [-0.39, 0.29) is 11.2 Å². The van der Waals surface area contributed by atoms with E-state index in [4.69, 9.17) is 0 Å². The standard InChI is InChI=1S/C8H9BrN4O2S/c9-6-16(14,15)10-5-8-12-11-7-3-1-2-4-13(7)8/h1-4,10H,5-6H2. The lowest BCUT2D eigenvalue weighted by molar-refractivity contribution is 0.584. The van der Waals surface area contributed by atoms with Gasteiger partial charge < -0.3 is 0 Å². The first kappa shape index (κ1) is 11.5. The molecule has 6 nitrogen and oxygen atoms in total. The number of alkyl halides is 1. The third kappa shape index (κ3) is 2.39. The van der Waals surface area contributed by atoms with Gasteiger partial charge in [-0.05, 0) is 12.1 Å². The van der Waals surface area contributed by atoms with Crippen LogP contribution in [0.25, 0.3) is 5.65 Å². The van der Waals surface area contributed by atoms with Crippen LogP contribution in [-0.4, -0.2) is 27.7 Å². The summed E-state index contributed by atoms with van der Waals surface area (Å²) in [7, 11) is -3.28. The highest BCUT2D eigenvalue weighted by atomic mass is 79.9. The van der Waals surface area contributed by atoms with Gasteiger partial charge in [0, 0.05) is 6.20 Å². The molecule has 0 unspecified atom stereocenters. The highest BCUT2D eigenvalue weighted by Crippen LogP contribution is 2.03. The first-order valence-electron chi connectivity index (χ1n) is 4.44. The molecule has 2 heterocycles. The average molecular weight is 305 g/mol. The summed E-state index contributed by atoms with van der Waals surface area (Å²) in [5, 5.41) is 7.81. The number of nitrogens with one attached hydrogen (secondary N) is 1. The summed E-state index contributed by atoms with van der Waals surface area (Å²) in [5.41, 5.74) is 0.690. The second kappa shape index (κ2) is 4.48.